The van der Waals surface area contributed by atoms with E-state index in [9.17, 15) is 10.1 Å². The maximum Gasteiger partial charge on any atom is 0.269 e. The lowest BCUT2D eigenvalue weighted by Crippen LogP contribution is -2.00. The van der Waals surface area contributed by atoms with Gasteiger partial charge in [0, 0.05) is 29.1 Å². The molecule has 4 aromatic rings. The van der Waals surface area contributed by atoms with Crippen LogP contribution in [0.3, 0.4) is 0 Å². The lowest BCUT2D eigenvalue weighted by atomic mass is 10.2. The van der Waals surface area contributed by atoms with Crippen LogP contribution < -0.4 is 4.74 Å². The molecule has 0 aliphatic carbocycles. The number of nitro groups is 1. The Morgan fingerprint density at radius 2 is 1.77 bits per heavy atom. The van der Waals surface area contributed by atoms with Gasteiger partial charge in [-0.3, -0.25) is 14.7 Å². The van der Waals surface area contributed by atoms with Crippen LogP contribution in [0.2, 0.25) is 0 Å². The molecule has 0 saturated carbocycles. The van der Waals surface area contributed by atoms with Crippen LogP contribution in [0.5, 0.6) is 5.75 Å². The smallest absolute Gasteiger partial charge is 0.269 e. The number of thioether (sulfide) groups is 1. The predicted octanol–water partition coefficient (Wildman–Crippen LogP) is 5.53. The van der Waals surface area contributed by atoms with Crippen LogP contribution in [0.15, 0.2) is 84.0 Å². The van der Waals surface area contributed by atoms with Gasteiger partial charge in [-0.05, 0) is 36.8 Å². The van der Waals surface area contributed by atoms with E-state index in [1.807, 2.05) is 72.2 Å². The minimum atomic E-state index is -0.385. The Bertz CT molecular complexity index is 1180. The molecule has 0 unspecified atom stereocenters. The summed E-state index contributed by atoms with van der Waals surface area (Å²) in [5.41, 5.74) is 2.79. The quantitative estimate of drug-likeness (QED) is 0.207. The number of nitro benzene ring substituents is 1. The fraction of sp³-hybridized carbons (Fsp3) is 0.130. The highest BCUT2D eigenvalue weighted by Gasteiger charge is 2.17. The van der Waals surface area contributed by atoms with Gasteiger partial charge < -0.3 is 4.74 Å². The van der Waals surface area contributed by atoms with E-state index in [0.29, 0.717) is 17.5 Å². The zero-order chi connectivity index (χ0) is 21.6. The molecule has 156 valence electrons. The molecule has 7 nitrogen and oxygen atoms in total. The zero-order valence-corrected chi connectivity index (χ0v) is 17.7. The van der Waals surface area contributed by atoms with Gasteiger partial charge in [-0.15, -0.1) is 10.2 Å². The van der Waals surface area contributed by atoms with Crippen molar-refractivity contribution in [1.82, 2.24) is 14.8 Å². The van der Waals surface area contributed by atoms with E-state index in [2.05, 4.69) is 10.2 Å². The Morgan fingerprint density at radius 1 is 1.00 bits per heavy atom. The van der Waals surface area contributed by atoms with Gasteiger partial charge in [-0.25, -0.2) is 0 Å². The van der Waals surface area contributed by atoms with Crippen LogP contribution in [0.1, 0.15) is 12.5 Å². The van der Waals surface area contributed by atoms with Gasteiger partial charge in [-0.1, -0.05) is 54.2 Å². The number of ether oxygens (including phenoxy) is 1. The minimum Gasteiger partial charge on any atom is -0.494 e. The van der Waals surface area contributed by atoms with Crippen molar-refractivity contribution in [2.24, 2.45) is 0 Å². The second-order valence-corrected chi connectivity index (χ2v) is 7.59. The molecule has 0 atom stereocenters. The topological polar surface area (TPSA) is 83.1 Å². The molecule has 31 heavy (non-hydrogen) atoms. The third kappa shape index (κ3) is 4.75. The fourth-order valence-electron chi connectivity index (χ4n) is 3.14. The zero-order valence-electron chi connectivity index (χ0n) is 16.8. The van der Waals surface area contributed by atoms with Gasteiger partial charge in [0.2, 0.25) is 0 Å². The van der Waals surface area contributed by atoms with Crippen LogP contribution >= 0.6 is 11.8 Å². The number of nitrogens with zero attached hydrogens (tertiary/aromatic N) is 4. The maximum absolute atomic E-state index is 11.1. The van der Waals surface area contributed by atoms with E-state index in [1.165, 1.54) is 17.8 Å². The second kappa shape index (κ2) is 9.44. The molecule has 8 heteroatoms. The van der Waals surface area contributed by atoms with E-state index < -0.39 is 0 Å². The molecule has 1 aromatic heterocycles. The lowest BCUT2D eigenvalue weighted by Gasteiger charge is -2.11. The van der Waals surface area contributed by atoms with E-state index in [1.54, 1.807) is 12.1 Å². The molecule has 4 rings (SSSR count). The summed E-state index contributed by atoms with van der Waals surface area (Å²) in [7, 11) is 0. The maximum atomic E-state index is 11.1. The summed E-state index contributed by atoms with van der Waals surface area (Å²) >= 11 is 1.48. The lowest BCUT2D eigenvalue weighted by molar-refractivity contribution is -0.384. The van der Waals surface area contributed by atoms with Crippen molar-refractivity contribution in [3.8, 4) is 22.8 Å². The average molecular weight is 433 g/mol. The Kier molecular flexibility index (Phi) is 6.28. The first kappa shape index (κ1) is 20.6. The molecule has 0 N–H and O–H groups in total. The van der Waals surface area contributed by atoms with Crippen molar-refractivity contribution in [1.29, 1.82) is 0 Å². The summed E-state index contributed by atoms with van der Waals surface area (Å²) in [5.74, 6) is 2.06. The van der Waals surface area contributed by atoms with Crippen molar-refractivity contribution in [3.05, 3.63) is 94.5 Å². The molecule has 0 bridgehead atoms. The van der Waals surface area contributed by atoms with E-state index in [4.69, 9.17) is 4.74 Å². The summed E-state index contributed by atoms with van der Waals surface area (Å²) in [4.78, 5) is 10.7. The Balaban J connectivity index is 1.68. The van der Waals surface area contributed by atoms with Gasteiger partial charge in [0.1, 0.15) is 5.75 Å². The predicted molar refractivity (Wildman–Crippen MR) is 121 cm³/mol. The first-order valence-corrected chi connectivity index (χ1v) is 10.7. The minimum absolute atomic E-state index is 0.0797. The van der Waals surface area contributed by atoms with Crippen LogP contribution in [0.4, 0.5) is 5.69 Å². The SMILES string of the molecule is CCOc1ccc(-n2c(SCc3cccc([N+](=O)[O-])c3)nnc2-c2ccccc2)cc1. The van der Waals surface area contributed by atoms with Gasteiger partial charge in [0.05, 0.1) is 11.5 Å². The van der Waals surface area contributed by atoms with E-state index in [-0.39, 0.29) is 10.6 Å². The molecule has 3 aromatic carbocycles. The molecule has 1 heterocycles. The van der Waals surface area contributed by atoms with Crippen molar-refractivity contribution in [2.45, 2.75) is 17.8 Å². The van der Waals surface area contributed by atoms with Crippen LogP contribution in [-0.2, 0) is 5.75 Å². The van der Waals surface area contributed by atoms with E-state index >= 15 is 0 Å². The van der Waals surface area contributed by atoms with Gasteiger partial charge in [0.15, 0.2) is 11.0 Å². The normalized spacial score (nSPS) is 10.7. The number of benzene rings is 3. The highest BCUT2D eigenvalue weighted by Crippen LogP contribution is 2.31. The van der Waals surface area contributed by atoms with Crippen molar-refractivity contribution in [2.75, 3.05) is 6.61 Å². The fourth-order valence-corrected chi connectivity index (χ4v) is 4.03. The molecule has 0 spiro atoms. The largest absolute Gasteiger partial charge is 0.494 e. The number of aromatic nitrogens is 3. The first-order chi connectivity index (χ1) is 15.2. The van der Waals surface area contributed by atoms with Crippen LogP contribution in [0, 0.1) is 10.1 Å². The third-order valence-electron chi connectivity index (χ3n) is 4.56. The highest BCUT2D eigenvalue weighted by atomic mass is 32.2. The highest BCUT2D eigenvalue weighted by molar-refractivity contribution is 7.98. The standard InChI is InChI=1S/C23H20N4O3S/c1-2-30-21-13-11-19(12-14-21)26-22(18-8-4-3-5-9-18)24-25-23(26)31-16-17-7-6-10-20(15-17)27(28)29/h3-15H,2,16H2,1H3. The van der Waals surface area contributed by atoms with Crippen LogP contribution in [0.25, 0.3) is 17.1 Å². The Hall–Kier alpha value is -3.65. The molecular formula is C23H20N4O3S. The number of hydrogen-bond donors (Lipinski definition) is 0. The molecule has 0 fully saturated rings. The summed E-state index contributed by atoms with van der Waals surface area (Å²) < 4.78 is 7.55. The summed E-state index contributed by atoms with van der Waals surface area (Å²) in [6.45, 7) is 2.55. The van der Waals surface area contributed by atoms with Gasteiger partial charge in [0.25, 0.3) is 5.69 Å². The van der Waals surface area contributed by atoms with Crippen LogP contribution in [-0.4, -0.2) is 26.3 Å². The Morgan fingerprint density at radius 3 is 2.48 bits per heavy atom. The molecule has 0 aliphatic heterocycles. The van der Waals surface area contributed by atoms with Gasteiger partial charge >= 0.3 is 0 Å². The van der Waals surface area contributed by atoms with Crippen molar-refractivity contribution >= 4 is 17.4 Å². The second-order valence-electron chi connectivity index (χ2n) is 6.65. The number of rotatable bonds is 8. The van der Waals surface area contributed by atoms with Crippen molar-refractivity contribution < 1.29 is 9.66 Å². The molecule has 0 radical (unpaired) electrons. The first-order valence-electron chi connectivity index (χ1n) is 9.76. The molecule has 0 amide bonds. The molecule has 0 saturated heterocycles. The monoisotopic (exact) mass is 432 g/mol. The van der Waals surface area contributed by atoms with Crippen molar-refractivity contribution in [3.63, 3.8) is 0 Å². The third-order valence-corrected chi connectivity index (χ3v) is 5.56. The molecule has 0 aliphatic rings. The summed E-state index contributed by atoms with van der Waals surface area (Å²) in [5, 5.41) is 20.6. The Labute approximate surface area is 183 Å². The number of hydrogen-bond acceptors (Lipinski definition) is 6. The number of non-ortho nitro benzene ring substituents is 1. The van der Waals surface area contributed by atoms with Gasteiger partial charge in [-0.2, -0.15) is 0 Å². The summed E-state index contributed by atoms with van der Waals surface area (Å²) in [6.07, 6.45) is 0. The molecular weight excluding hydrogens is 412 g/mol. The van der Waals surface area contributed by atoms with E-state index in [0.717, 1.165) is 28.4 Å². The summed E-state index contributed by atoms with van der Waals surface area (Å²) in [6, 6.07) is 24.3. The average Bonchev–Trinajstić information content (AvgIpc) is 3.23.